The van der Waals surface area contributed by atoms with Crippen molar-refractivity contribution in [2.75, 3.05) is 25.0 Å². The van der Waals surface area contributed by atoms with Crippen LogP contribution in [0, 0.1) is 0 Å². The van der Waals surface area contributed by atoms with Crippen molar-refractivity contribution in [3.63, 3.8) is 0 Å². The van der Waals surface area contributed by atoms with E-state index in [2.05, 4.69) is 12.2 Å². The maximum Gasteiger partial charge on any atom is 0.243 e. The second-order valence-electron chi connectivity index (χ2n) is 5.27. The predicted octanol–water partition coefficient (Wildman–Crippen LogP) is 3.07. The number of benzene rings is 1. The quantitative estimate of drug-likeness (QED) is 0.908. The van der Waals surface area contributed by atoms with Gasteiger partial charge in [0.1, 0.15) is 0 Å². The zero-order valence-corrected chi connectivity index (χ0v) is 13.0. The molecule has 1 aliphatic heterocycles. The first kappa shape index (κ1) is 15.3. The van der Waals surface area contributed by atoms with Gasteiger partial charge in [-0.25, -0.2) is 8.42 Å². The maximum absolute atomic E-state index is 12.6. The Morgan fingerprint density at radius 3 is 2.20 bits per heavy atom. The van der Waals surface area contributed by atoms with E-state index in [-0.39, 0.29) is 0 Å². The van der Waals surface area contributed by atoms with Crippen LogP contribution >= 0.6 is 0 Å². The Kier molecular flexibility index (Phi) is 5.43. The van der Waals surface area contributed by atoms with Gasteiger partial charge in [-0.05, 0) is 43.5 Å². The number of hydrogen-bond acceptors (Lipinski definition) is 3. The highest BCUT2D eigenvalue weighted by Gasteiger charge is 2.24. The van der Waals surface area contributed by atoms with Gasteiger partial charge in [-0.2, -0.15) is 4.31 Å². The molecule has 0 spiro atoms. The summed E-state index contributed by atoms with van der Waals surface area (Å²) in [7, 11) is -3.32. The van der Waals surface area contributed by atoms with E-state index in [1.807, 2.05) is 12.1 Å². The van der Waals surface area contributed by atoms with Gasteiger partial charge in [0.2, 0.25) is 10.0 Å². The summed E-state index contributed by atoms with van der Waals surface area (Å²) >= 11 is 0. The van der Waals surface area contributed by atoms with E-state index in [9.17, 15) is 8.42 Å². The SMILES string of the molecule is CCCNc1ccc(S(=O)(=O)N2CCCCCC2)cc1. The molecule has 0 aliphatic carbocycles. The first-order chi connectivity index (χ1) is 9.64. The number of nitrogens with one attached hydrogen (secondary N) is 1. The molecular formula is C15H24N2O2S. The number of nitrogens with zero attached hydrogens (tertiary/aromatic N) is 1. The van der Waals surface area contributed by atoms with Gasteiger partial charge in [-0.1, -0.05) is 19.8 Å². The number of sulfonamides is 1. The smallest absolute Gasteiger partial charge is 0.243 e. The minimum Gasteiger partial charge on any atom is -0.385 e. The summed E-state index contributed by atoms with van der Waals surface area (Å²) < 4.78 is 26.8. The van der Waals surface area contributed by atoms with Crippen molar-refractivity contribution < 1.29 is 8.42 Å². The van der Waals surface area contributed by atoms with E-state index in [0.717, 1.165) is 44.3 Å². The minimum absolute atomic E-state index is 0.404. The van der Waals surface area contributed by atoms with E-state index >= 15 is 0 Å². The van der Waals surface area contributed by atoms with Crippen molar-refractivity contribution in [1.29, 1.82) is 0 Å². The average molecular weight is 296 g/mol. The van der Waals surface area contributed by atoms with Crippen LogP contribution in [0.4, 0.5) is 5.69 Å². The lowest BCUT2D eigenvalue weighted by Gasteiger charge is -2.20. The fraction of sp³-hybridized carbons (Fsp3) is 0.600. The van der Waals surface area contributed by atoms with Crippen LogP contribution < -0.4 is 5.32 Å². The zero-order valence-electron chi connectivity index (χ0n) is 12.1. The Morgan fingerprint density at radius 1 is 1.05 bits per heavy atom. The number of hydrogen-bond donors (Lipinski definition) is 1. The molecule has 0 atom stereocenters. The second kappa shape index (κ2) is 7.09. The molecule has 1 fully saturated rings. The lowest BCUT2D eigenvalue weighted by molar-refractivity contribution is 0.424. The summed E-state index contributed by atoms with van der Waals surface area (Å²) in [4.78, 5) is 0.404. The van der Waals surface area contributed by atoms with Crippen LogP contribution in [0.25, 0.3) is 0 Å². The average Bonchev–Trinajstić information content (AvgIpc) is 2.75. The Balaban J connectivity index is 2.12. The highest BCUT2D eigenvalue weighted by Crippen LogP contribution is 2.21. The molecule has 4 nitrogen and oxygen atoms in total. The van der Waals surface area contributed by atoms with Crippen molar-refractivity contribution in [3.8, 4) is 0 Å². The molecule has 20 heavy (non-hydrogen) atoms. The third kappa shape index (κ3) is 3.73. The third-order valence-corrected chi connectivity index (χ3v) is 5.55. The summed E-state index contributed by atoms with van der Waals surface area (Å²) in [6.45, 7) is 4.31. The molecule has 1 N–H and O–H groups in total. The molecule has 0 radical (unpaired) electrons. The Hall–Kier alpha value is -1.07. The molecule has 112 valence electrons. The van der Waals surface area contributed by atoms with Gasteiger partial charge >= 0.3 is 0 Å². The van der Waals surface area contributed by atoms with E-state index < -0.39 is 10.0 Å². The van der Waals surface area contributed by atoms with Gasteiger partial charge < -0.3 is 5.32 Å². The second-order valence-corrected chi connectivity index (χ2v) is 7.21. The molecule has 0 saturated carbocycles. The van der Waals surface area contributed by atoms with Gasteiger partial charge in [0.25, 0.3) is 0 Å². The summed E-state index contributed by atoms with van der Waals surface area (Å²) in [5, 5.41) is 3.25. The number of rotatable bonds is 5. The van der Waals surface area contributed by atoms with Gasteiger partial charge in [0.05, 0.1) is 4.90 Å². The van der Waals surface area contributed by atoms with Gasteiger partial charge in [0, 0.05) is 25.3 Å². The molecule has 1 aromatic carbocycles. The highest BCUT2D eigenvalue weighted by atomic mass is 32.2. The fourth-order valence-corrected chi connectivity index (χ4v) is 3.96. The molecule has 0 aromatic heterocycles. The van der Waals surface area contributed by atoms with Crippen molar-refractivity contribution in [1.82, 2.24) is 4.31 Å². The molecule has 1 aromatic rings. The Morgan fingerprint density at radius 2 is 1.65 bits per heavy atom. The molecule has 1 saturated heterocycles. The first-order valence-corrected chi connectivity index (χ1v) is 8.92. The van der Waals surface area contributed by atoms with Crippen LogP contribution in [0.2, 0.25) is 0 Å². The van der Waals surface area contributed by atoms with Crippen LogP contribution in [0.3, 0.4) is 0 Å². The van der Waals surface area contributed by atoms with Crippen molar-refractivity contribution in [2.24, 2.45) is 0 Å². The van der Waals surface area contributed by atoms with Crippen LogP contribution in [-0.4, -0.2) is 32.4 Å². The molecule has 0 amide bonds. The normalized spacial score (nSPS) is 17.6. The third-order valence-electron chi connectivity index (χ3n) is 3.64. The molecule has 1 aliphatic rings. The zero-order chi connectivity index (χ0) is 14.4. The van der Waals surface area contributed by atoms with Crippen LogP contribution in [0.15, 0.2) is 29.2 Å². The van der Waals surface area contributed by atoms with E-state index in [1.165, 1.54) is 0 Å². The predicted molar refractivity (Wildman–Crippen MR) is 82.4 cm³/mol. The molecule has 0 bridgehead atoms. The Bertz CT molecular complexity index is 503. The van der Waals surface area contributed by atoms with Crippen LogP contribution in [-0.2, 0) is 10.0 Å². The lowest BCUT2D eigenvalue weighted by atomic mass is 10.2. The largest absolute Gasteiger partial charge is 0.385 e. The van der Waals surface area contributed by atoms with E-state index in [1.54, 1.807) is 16.4 Å². The van der Waals surface area contributed by atoms with Gasteiger partial charge in [0.15, 0.2) is 0 Å². The molecule has 5 heteroatoms. The standard InChI is InChI=1S/C15H24N2O2S/c1-2-11-16-14-7-9-15(10-8-14)20(18,19)17-12-5-3-4-6-13-17/h7-10,16H,2-6,11-13H2,1H3. The summed E-state index contributed by atoms with van der Waals surface area (Å²) in [5.74, 6) is 0. The molecular weight excluding hydrogens is 272 g/mol. The topological polar surface area (TPSA) is 49.4 Å². The number of anilines is 1. The van der Waals surface area contributed by atoms with Crippen molar-refractivity contribution in [2.45, 2.75) is 43.9 Å². The van der Waals surface area contributed by atoms with E-state index in [4.69, 9.17) is 0 Å². The van der Waals surface area contributed by atoms with E-state index in [0.29, 0.717) is 18.0 Å². The highest BCUT2D eigenvalue weighted by molar-refractivity contribution is 7.89. The monoisotopic (exact) mass is 296 g/mol. The van der Waals surface area contributed by atoms with Crippen LogP contribution in [0.5, 0.6) is 0 Å². The molecule has 2 rings (SSSR count). The summed E-state index contributed by atoms with van der Waals surface area (Å²) in [6, 6.07) is 7.11. The fourth-order valence-electron chi connectivity index (χ4n) is 2.45. The van der Waals surface area contributed by atoms with Crippen LogP contribution in [0.1, 0.15) is 39.0 Å². The molecule has 1 heterocycles. The van der Waals surface area contributed by atoms with Crippen molar-refractivity contribution in [3.05, 3.63) is 24.3 Å². The van der Waals surface area contributed by atoms with Gasteiger partial charge in [-0.3, -0.25) is 0 Å². The summed E-state index contributed by atoms with van der Waals surface area (Å²) in [5.41, 5.74) is 0.974. The first-order valence-electron chi connectivity index (χ1n) is 7.48. The summed E-state index contributed by atoms with van der Waals surface area (Å²) in [6.07, 6.45) is 5.25. The molecule has 0 unspecified atom stereocenters. The Labute approximate surface area is 122 Å². The minimum atomic E-state index is -3.32. The van der Waals surface area contributed by atoms with Gasteiger partial charge in [-0.15, -0.1) is 0 Å². The lowest BCUT2D eigenvalue weighted by Crippen LogP contribution is -2.31. The van der Waals surface area contributed by atoms with Crippen molar-refractivity contribution >= 4 is 15.7 Å². The maximum atomic E-state index is 12.6.